The van der Waals surface area contributed by atoms with Gasteiger partial charge in [-0.25, -0.2) is 0 Å². The quantitative estimate of drug-likeness (QED) is 0.681. The molecule has 2 aliphatic rings. The topological polar surface area (TPSA) is 17.1 Å². The molecule has 1 aliphatic heterocycles. The summed E-state index contributed by atoms with van der Waals surface area (Å²) in [6.07, 6.45) is 4.86. The van der Waals surface area contributed by atoms with Gasteiger partial charge in [0, 0.05) is 10.8 Å². The lowest BCUT2D eigenvalue weighted by Gasteiger charge is -2.32. The largest absolute Gasteiger partial charge is 0.287 e. The normalized spacial score (nSPS) is 32.5. The molecule has 1 aromatic rings. The lowest BCUT2D eigenvalue weighted by molar-refractivity contribution is -0.117. The molecule has 3 unspecified atom stereocenters. The molecular formula is C15H18OS. The van der Waals surface area contributed by atoms with Crippen LogP contribution in [0.2, 0.25) is 0 Å². The first kappa shape index (κ1) is 11.3. The van der Waals surface area contributed by atoms with Gasteiger partial charge in [0.15, 0.2) is 5.12 Å². The van der Waals surface area contributed by atoms with Crippen LogP contribution in [-0.4, -0.2) is 5.12 Å². The van der Waals surface area contributed by atoms with Crippen molar-refractivity contribution < 1.29 is 4.79 Å². The SMILES string of the molecule is CC1c2ccccc2SC(=O)C2CCCCC21. The first-order valence-corrected chi connectivity index (χ1v) is 7.39. The van der Waals surface area contributed by atoms with Gasteiger partial charge in [0.05, 0.1) is 0 Å². The van der Waals surface area contributed by atoms with Crippen LogP contribution in [0, 0.1) is 11.8 Å². The van der Waals surface area contributed by atoms with E-state index in [4.69, 9.17) is 0 Å². The zero-order valence-corrected chi connectivity index (χ0v) is 11.0. The number of rotatable bonds is 0. The van der Waals surface area contributed by atoms with Crippen LogP contribution in [0.4, 0.5) is 0 Å². The van der Waals surface area contributed by atoms with E-state index >= 15 is 0 Å². The molecule has 1 fully saturated rings. The summed E-state index contributed by atoms with van der Waals surface area (Å²) in [6, 6.07) is 8.45. The van der Waals surface area contributed by atoms with E-state index in [-0.39, 0.29) is 0 Å². The highest BCUT2D eigenvalue weighted by Crippen LogP contribution is 2.48. The highest BCUT2D eigenvalue weighted by Gasteiger charge is 2.38. The minimum Gasteiger partial charge on any atom is -0.287 e. The average Bonchev–Trinajstić information content (AvgIpc) is 2.48. The Kier molecular flexibility index (Phi) is 2.99. The van der Waals surface area contributed by atoms with Crippen LogP contribution in [0.15, 0.2) is 29.2 Å². The zero-order chi connectivity index (χ0) is 11.8. The Hall–Kier alpha value is -0.760. The van der Waals surface area contributed by atoms with Crippen LogP contribution in [-0.2, 0) is 4.79 Å². The summed E-state index contributed by atoms with van der Waals surface area (Å²) in [6.45, 7) is 2.31. The Balaban J connectivity index is 2.04. The molecule has 0 radical (unpaired) electrons. The van der Waals surface area contributed by atoms with Gasteiger partial charge in [-0.2, -0.15) is 0 Å². The number of carbonyl (C=O) groups is 1. The van der Waals surface area contributed by atoms with Crippen molar-refractivity contribution in [1.29, 1.82) is 0 Å². The van der Waals surface area contributed by atoms with E-state index in [1.165, 1.54) is 41.5 Å². The second-order valence-electron chi connectivity index (χ2n) is 5.30. The average molecular weight is 246 g/mol. The Morgan fingerprint density at radius 3 is 2.82 bits per heavy atom. The molecule has 90 valence electrons. The van der Waals surface area contributed by atoms with Crippen LogP contribution in [0.25, 0.3) is 0 Å². The standard InChI is InChI=1S/C15H18OS/c1-10-11-6-2-3-8-13(11)15(16)17-14-9-5-4-7-12(10)14/h4-5,7,9-11,13H,2-3,6,8H2,1H3. The van der Waals surface area contributed by atoms with Crippen LogP contribution in [0.3, 0.4) is 0 Å². The molecule has 0 spiro atoms. The summed E-state index contributed by atoms with van der Waals surface area (Å²) >= 11 is 1.48. The zero-order valence-electron chi connectivity index (χ0n) is 10.2. The molecule has 3 atom stereocenters. The molecule has 0 N–H and O–H groups in total. The third-order valence-corrected chi connectivity index (χ3v) is 5.48. The number of hydrogen-bond donors (Lipinski definition) is 0. The smallest absolute Gasteiger partial charge is 0.197 e. The van der Waals surface area contributed by atoms with Gasteiger partial charge in [-0.1, -0.05) is 49.7 Å². The molecule has 1 saturated carbocycles. The predicted molar refractivity (Wildman–Crippen MR) is 71.2 cm³/mol. The lowest BCUT2D eigenvalue weighted by Crippen LogP contribution is -2.27. The highest BCUT2D eigenvalue weighted by molar-refractivity contribution is 8.13. The Morgan fingerprint density at radius 1 is 1.18 bits per heavy atom. The first-order chi connectivity index (χ1) is 8.27. The van der Waals surface area contributed by atoms with Gasteiger partial charge >= 0.3 is 0 Å². The van der Waals surface area contributed by atoms with Crippen molar-refractivity contribution in [3.05, 3.63) is 29.8 Å². The second kappa shape index (κ2) is 4.49. The molecule has 0 bridgehead atoms. The van der Waals surface area contributed by atoms with Gasteiger partial charge in [0.2, 0.25) is 0 Å². The summed E-state index contributed by atoms with van der Waals surface area (Å²) in [5, 5.41) is 0.409. The minimum atomic E-state index is 0.302. The Bertz CT molecular complexity index is 440. The van der Waals surface area contributed by atoms with E-state index < -0.39 is 0 Å². The van der Waals surface area contributed by atoms with E-state index in [0.29, 0.717) is 22.9 Å². The molecule has 1 nitrogen and oxygen atoms in total. The predicted octanol–water partition coefficient (Wildman–Crippen LogP) is 4.23. The monoisotopic (exact) mass is 246 g/mol. The fourth-order valence-electron chi connectivity index (χ4n) is 3.42. The maximum Gasteiger partial charge on any atom is 0.197 e. The molecule has 0 saturated heterocycles. The van der Waals surface area contributed by atoms with E-state index in [0.717, 1.165) is 6.42 Å². The van der Waals surface area contributed by atoms with Crippen molar-refractivity contribution in [2.24, 2.45) is 11.8 Å². The number of carbonyl (C=O) groups excluding carboxylic acids is 1. The summed E-state index contributed by atoms with van der Waals surface area (Å²) in [4.78, 5) is 13.5. The third-order valence-electron chi connectivity index (χ3n) is 4.38. The van der Waals surface area contributed by atoms with Gasteiger partial charge in [-0.05, 0) is 36.3 Å². The molecule has 1 aromatic carbocycles. The molecular weight excluding hydrogens is 228 g/mol. The van der Waals surface area contributed by atoms with Crippen LogP contribution in [0.5, 0.6) is 0 Å². The van der Waals surface area contributed by atoms with Gasteiger partial charge < -0.3 is 0 Å². The summed E-state index contributed by atoms with van der Waals surface area (Å²) in [7, 11) is 0. The number of benzene rings is 1. The van der Waals surface area contributed by atoms with Crippen molar-refractivity contribution in [2.45, 2.75) is 43.4 Å². The molecule has 1 aliphatic carbocycles. The lowest BCUT2D eigenvalue weighted by atomic mass is 9.71. The maximum atomic E-state index is 12.3. The van der Waals surface area contributed by atoms with E-state index in [9.17, 15) is 4.79 Å². The molecule has 2 heteroatoms. The van der Waals surface area contributed by atoms with Crippen LogP contribution < -0.4 is 0 Å². The Labute approximate surface area is 107 Å². The molecule has 0 amide bonds. The fraction of sp³-hybridized carbons (Fsp3) is 0.533. The third kappa shape index (κ3) is 1.93. The van der Waals surface area contributed by atoms with E-state index in [1.807, 2.05) is 6.07 Å². The maximum absolute atomic E-state index is 12.3. The first-order valence-electron chi connectivity index (χ1n) is 6.58. The van der Waals surface area contributed by atoms with Crippen molar-refractivity contribution in [1.82, 2.24) is 0 Å². The van der Waals surface area contributed by atoms with Crippen LogP contribution in [0.1, 0.15) is 44.1 Å². The molecule has 0 aromatic heterocycles. The fourth-order valence-corrected chi connectivity index (χ4v) is 4.59. The van der Waals surface area contributed by atoms with Gasteiger partial charge in [0.1, 0.15) is 0 Å². The van der Waals surface area contributed by atoms with Crippen molar-refractivity contribution in [2.75, 3.05) is 0 Å². The summed E-state index contributed by atoms with van der Waals surface area (Å²) < 4.78 is 0. The van der Waals surface area contributed by atoms with Gasteiger partial charge in [0.25, 0.3) is 0 Å². The van der Waals surface area contributed by atoms with Crippen molar-refractivity contribution >= 4 is 16.9 Å². The van der Waals surface area contributed by atoms with Crippen LogP contribution >= 0.6 is 11.8 Å². The molecule has 3 rings (SSSR count). The molecule has 17 heavy (non-hydrogen) atoms. The molecule has 1 heterocycles. The minimum absolute atomic E-state index is 0.302. The summed E-state index contributed by atoms with van der Waals surface area (Å²) in [5.74, 6) is 1.42. The van der Waals surface area contributed by atoms with E-state index in [1.54, 1.807) is 0 Å². The van der Waals surface area contributed by atoms with Crippen molar-refractivity contribution in [3.63, 3.8) is 0 Å². The Morgan fingerprint density at radius 2 is 1.94 bits per heavy atom. The number of thioether (sulfide) groups is 1. The van der Waals surface area contributed by atoms with Gasteiger partial charge in [-0.3, -0.25) is 4.79 Å². The number of hydrogen-bond acceptors (Lipinski definition) is 2. The van der Waals surface area contributed by atoms with E-state index in [2.05, 4.69) is 25.1 Å². The second-order valence-corrected chi connectivity index (χ2v) is 6.35. The highest BCUT2D eigenvalue weighted by atomic mass is 32.2. The van der Waals surface area contributed by atoms with Gasteiger partial charge in [-0.15, -0.1) is 0 Å². The number of fused-ring (bicyclic) bond motifs is 2. The summed E-state index contributed by atoms with van der Waals surface area (Å²) in [5.41, 5.74) is 1.39. The van der Waals surface area contributed by atoms with Crippen molar-refractivity contribution in [3.8, 4) is 0 Å².